The number of hydrogen-bond donors (Lipinski definition) is 4. The van der Waals surface area contributed by atoms with Gasteiger partial charge in [-0.25, -0.2) is 13.9 Å². The lowest BCUT2D eigenvalue weighted by molar-refractivity contribution is 0.0706. The Hall–Kier alpha value is -3.40. The highest BCUT2D eigenvalue weighted by Gasteiger charge is 2.26. The fourth-order valence-corrected chi connectivity index (χ4v) is 5.14. The summed E-state index contributed by atoms with van der Waals surface area (Å²) in [6.45, 7) is 3.15. The third-order valence-corrected chi connectivity index (χ3v) is 7.37. The largest absolute Gasteiger partial charge is 0.388 e. The van der Waals surface area contributed by atoms with Gasteiger partial charge in [-0.15, -0.1) is 0 Å². The summed E-state index contributed by atoms with van der Waals surface area (Å²) in [4.78, 5) is 13.7. The molecule has 178 valence electrons. The van der Waals surface area contributed by atoms with Crippen LogP contribution in [0.25, 0.3) is 0 Å². The van der Waals surface area contributed by atoms with Crippen molar-refractivity contribution in [3.8, 4) is 0 Å². The summed E-state index contributed by atoms with van der Waals surface area (Å²) in [6.07, 6.45) is 0.572. The first-order valence-electron chi connectivity index (χ1n) is 11.0. The number of carbonyl (C=O) groups is 1. The Morgan fingerprint density at radius 1 is 1.03 bits per heavy atom. The zero-order chi connectivity index (χ0) is 24.3. The number of hydrogen-bond acceptors (Lipinski definition) is 6. The summed E-state index contributed by atoms with van der Waals surface area (Å²) < 4.78 is 28.6. The predicted molar refractivity (Wildman–Crippen MR) is 129 cm³/mol. The van der Waals surface area contributed by atoms with E-state index in [2.05, 4.69) is 9.62 Å². The van der Waals surface area contributed by atoms with E-state index >= 15 is 0 Å². The number of rotatable bonds is 7. The Balaban J connectivity index is 1.56. The van der Waals surface area contributed by atoms with Crippen LogP contribution in [0.15, 0.2) is 71.6 Å². The average molecular weight is 482 g/mol. The molecule has 8 nitrogen and oxygen atoms in total. The molecular weight excluding hydrogens is 454 g/mol. The Kier molecular flexibility index (Phi) is 6.87. The molecule has 0 aromatic heterocycles. The van der Waals surface area contributed by atoms with Crippen LogP contribution in [0.2, 0.25) is 0 Å². The molecule has 0 saturated carbocycles. The highest BCUT2D eigenvalue weighted by atomic mass is 32.2. The van der Waals surface area contributed by atoms with Crippen molar-refractivity contribution in [2.75, 3.05) is 16.2 Å². The molecule has 1 atom stereocenters. The van der Waals surface area contributed by atoms with Gasteiger partial charge in [0.15, 0.2) is 0 Å². The summed E-state index contributed by atoms with van der Waals surface area (Å²) in [5, 5.41) is 19.4. The summed E-state index contributed by atoms with van der Waals surface area (Å²) in [7, 11) is -3.82. The molecule has 1 aliphatic heterocycles. The maximum atomic E-state index is 13.0. The molecule has 0 spiro atoms. The molecule has 0 saturated heterocycles. The Morgan fingerprint density at radius 2 is 1.71 bits per heavy atom. The second-order valence-corrected chi connectivity index (χ2v) is 9.92. The van der Waals surface area contributed by atoms with Crippen molar-refractivity contribution in [1.82, 2.24) is 5.48 Å². The van der Waals surface area contributed by atoms with Crippen molar-refractivity contribution >= 4 is 27.3 Å². The normalized spacial score (nSPS) is 15.5. The maximum absolute atomic E-state index is 13.0. The number of aliphatic hydroxyl groups is 1. The Labute approximate surface area is 198 Å². The smallest absolute Gasteiger partial charge is 0.274 e. The SMILES string of the molecule is CCc1ccc(NS(=O)(=O)c2ccc3c(c2)C(O)CCN3Cc2ccc(C(=O)NO)cc2)cc1. The van der Waals surface area contributed by atoms with Crippen LogP contribution in [0, 0.1) is 0 Å². The minimum atomic E-state index is -3.82. The predicted octanol–water partition coefficient (Wildman–Crippen LogP) is 3.61. The van der Waals surface area contributed by atoms with Crippen LogP contribution in [0.5, 0.6) is 0 Å². The molecule has 1 heterocycles. The van der Waals surface area contributed by atoms with E-state index in [4.69, 9.17) is 5.21 Å². The van der Waals surface area contributed by atoms with E-state index < -0.39 is 22.0 Å². The molecule has 0 fully saturated rings. The fourth-order valence-electron chi connectivity index (χ4n) is 4.04. The molecule has 4 rings (SSSR count). The van der Waals surface area contributed by atoms with Crippen molar-refractivity contribution in [3.05, 3.63) is 89.0 Å². The lowest BCUT2D eigenvalue weighted by Crippen LogP contribution is -2.31. The molecule has 4 N–H and O–H groups in total. The number of nitrogens with one attached hydrogen (secondary N) is 2. The number of aryl methyl sites for hydroxylation is 1. The molecule has 3 aromatic carbocycles. The first kappa shape index (κ1) is 23.7. The van der Waals surface area contributed by atoms with Gasteiger partial charge in [-0.2, -0.15) is 0 Å². The third kappa shape index (κ3) is 5.06. The van der Waals surface area contributed by atoms with Crippen LogP contribution >= 0.6 is 0 Å². The van der Waals surface area contributed by atoms with E-state index in [0.29, 0.717) is 36.3 Å². The van der Waals surface area contributed by atoms with Crippen molar-refractivity contribution in [3.63, 3.8) is 0 Å². The minimum Gasteiger partial charge on any atom is -0.388 e. The monoisotopic (exact) mass is 481 g/mol. The summed E-state index contributed by atoms with van der Waals surface area (Å²) >= 11 is 0. The quantitative estimate of drug-likeness (QED) is 0.302. The first-order chi connectivity index (χ1) is 16.3. The highest BCUT2D eigenvalue weighted by Crippen LogP contribution is 2.36. The molecule has 0 aliphatic carbocycles. The number of benzene rings is 3. The van der Waals surface area contributed by atoms with Gasteiger partial charge in [0.25, 0.3) is 15.9 Å². The summed E-state index contributed by atoms with van der Waals surface area (Å²) in [6, 6.07) is 18.9. The van der Waals surface area contributed by atoms with Gasteiger partial charge in [0.05, 0.1) is 11.0 Å². The molecule has 0 radical (unpaired) electrons. The molecule has 0 bridgehead atoms. The molecule has 1 aliphatic rings. The maximum Gasteiger partial charge on any atom is 0.274 e. The number of carbonyl (C=O) groups excluding carboxylic acids is 1. The van der Waals surface area contributed by atoms with E-state index in [1.807, 2.05) is 19.1 Å². The zero-order valence-corrected chi connectivity index (χ0v) is 19.5. The van der Waals surface area contributed by atoms with E-state index in [-0.39, 0.29) is 4.90 Å². The van der Waals surface area contributed by atoms with Gasteiger partial charge in [0, 0.05) is 35.6 Å². The second kappa shape index (κ2) is 9.84. The number of anilines is 2. The second-order valence-electron chi connectivity index (χ2n) is 8.24. The van der Waals surface area contributed by atoms with Crippen LogP contribution in [0.4, 0.5) is 11.4 Å². The Bertz CT molecular complexity index is 1270. The van der Waals surface area contributed by atoms with Crippen molar-refractivity contribution in [2.45, 2.75) is 37.3 Å². The first-order valence-corrected chi connectivity index (χ1v) is 12.5. The molecular formula is C25H27N3O5S. The molecule has 34 heavy (non-hydrogen) atoms. The van der Waals surface area contributed by atoms with Gasteiger partial charge in [0.1, 0.15) is 0 Å². The van der Waals surface area contributed by atoms with Crippen molar-refractivity contribution in [1.29, 1.82) is 0 Å². The zero-order valence-electron chi connectivity index (χ0n) is 18.7. The number of amides is 1. The van der Waals surface area contributed by atoms with Gasteiger partial charge >= 0.3 is 0 Å². The third-order valence-electron chi connectivity index (χ3n) is 5.99. The van der Waals surface area contributed by atoms with Crippen molar-refractivity contribution < 1.29 is 23.5 Å². The van der Waals surface area contributed by atoms with Gasteiger partial charge in [0.2, 0.25) is 0 Å². The van der Waals surface area contributed by atoms with Crippen molar-refractivity contribution in [2.24, 2.45) is 0 Å². The lowest BCUT2D eigenvalue weighted by Gasteiger charge is -2.34. The van der Waals surface area contributed by atoms with Crippen LogP contribution in [-0.4, -0.2) is 31.2 Å². The van der Waals surface area contributed by atoms with Gasteiger partial charge in [-0.1, -0.05) is 31.2 Å². The number of aliphatic hydroxyl groups excluding tert-OH is 1. The molecule has 3 aromatic rings. The van der Waals surface area contributed by atoms with Crippen LogP contribution in [0.3, 0.4) is 0 Å². The topological polar surface area (TPSA) is 119 Å². The van der Waals surface area contributed by atoms with E-state index in [1.165, 1.54) is 6.07 Å². The van der Waals surface area contributed by atoms with E-state index in [9.17, 15) is 18.3 Å². The van der Waals surface area contributed by atoms with Crippen LogP contribution < -0.4 is 15.1 Å². The van der Waals surface area contributed by atoms with Crippen LogP contribution in [-0.2, 0) is 23.0 Å². The van der Waals surface area contributed by atoms with E-state index in [1.54, 1.807) is 54.0 Å². The summed E-state index contributed by atoms with van der Waals surface area (Å²) in [5.74, 6) is -0.582. The molecule has 9 heteroatoms. The number of fused-ring (bicyclic) bond motifs is 1. The van der Waals surface area contributed by atoms with Crippen LogP contribution in [0.1, 0.15) is 46.5 Å². The highest BCUT2D eigenvalue weighted by molar-refractivity contribution is 7.92. The molecule has 1 unspecified atom stereocenters. The molecule has 1 amide bonds. The van der Waals surface area contributed by atoms with E-state index in [0.717, 1.165) is 23.2 Å². The summed E-state index contributed by atoms with van der Waals surface area (Å²) in [5.41, 5.74) is 5.81. The lowest BCUT2D eigenvalue weighted by atomic mass is 9.98. The minimum absolute atomic E-state index is 0.0890. The number of nitrogens with zero attached hydrogens (tertiary/aromatic N) is 1. The Morgan fingerprint density at radius 3 is 2.35 bits per heavy atom. The van der Waals surface area contributed by atoms with Gasteiger partial charge in [-0.05, 0) is 66.4 Å². The fraction of sp³-hybridized carbons (Fsp3) is 0.240. The average Bonchev–Trinajstić information content (AvgIpc) is 2.86. The van der Waals surface area contributed by atoms with Gasteiger partial charge in [-0.3, -0.25) is 14.7 Å². The standard InChI is InChI=1S/C25H27N3O5S/c1-2-17-5-9-20(10-6-17)27-34(32,33)21-11-12-23-22(15-21)24(29)13-14-28(23)16-18-3-7-19(8-4-18)25(30)26-31/h3-12,15,24,27,29,31H,2,13-14,16H2,1H3,(H,26,30). The van der Waals surface area contributed by atoms with Gasteiger partial charge < -0.3 is 10.0 Å². The number of sulfonamides is 1. The number of hydroxylamine groups is 1.